The van der Waals surface area contributed by atoms with Gasteiger partial charge < -0.3 is 0 Å². The molecule has 1 nitrogen and oxygen atoms in total. The number of Topliss-reactive ketones (excluding diaryl/α,β-unsaturated/α-hetero) is 1. The second kappa shape index (κ2) is 12.4. The van der Waals surface area contributed by atoms with Crippen LogP contribution in [0.1, 0.15) is 110 Å². The van der Waals surface area contributed by atoms with Crippen LogP contribution in [0.3, 0.4) is 0 Å². The van der Waals surface area contributed by atoms with E-state index in [1.54, 1.807) is 0 Å². The summed E-state index contributed by atoms with van der Waals surface area (Å²) < 4.78 is 0. The van der Waals surface area contributed by atoms with Crippen molar-refractivity contribution in [2.45, 2.75) is 110 Å². The second-order valence-electron chi connectivity index (χ2n) is 6.73. The molecule has 0 atom stereocenters. The van der Waals surface area contributed by atoms with Gasteiger partial charge in [-0.2, -0.15) is 0 Å². The first-order valence-corrected chi connectivity index (χ1v) is 9.37. The maximum absolute atomic E-state index is 11.5. The molecule has 0 heterocycles. The molecule has 1 aliphatic carbocycles. The maximum atomic E-state index is 11.5. The van der Waals surface area contributed by atoms with E-state index in [0.29, 0.717) is 11.7 Å². The Morgan fingerprint density at radius 3 is 1.50 bits per heavy atom. The fraction of sp³-hybridized carbons (Fsp3) is 0.947. The highest BCUT2D eigenvalue weighted by molar-refractivity contribution is 5.82. The third-order valence-corrected chi connectivity index (χ3v) is 4.56. The van der Waals surface area contributed by atoms with Gasteiger partial charge in [-0.3, -0.25) is 4.79 Å². The first kappa shape index (κ1) is 17.7. The zero-order chi connectivity index (χ0) is 14.5. The molecule has 0 unspecified atom stereocenters. The Balaban J connectivity index is 1.67. The van der Waals surface area contributed by atoms with Crippen LogP contribution in [0.25, 0.3) is 0 Å². The summed E-state index contributed by atoms with van der Waals surface area (Å²) in [6.45, 7) is 2.28. The van der Waals surface area contributed by atoms with Crippen molar-refractivity contribution in [3.8, 4) is 0 Å². The van der Waals surface area contributed by atoms with Crippen LogP contribution in [-0.4, -0.2) is 5.78 Å². The molecule has 1 fully saturated rings. The highest BCUT2D eigenvalue weighted by atomic mass is 16.1. The van der Waals surface area contributed by atoms with Crippen molar-refractivity contribution in [1.29, 1.82) is 0 Å². The summed E-state index contributed by atoms with van der Waals surface area (Å²) in [7, 11) is 0. The van der Waals surface area contributed by atoms with Crippen molar-refractivity contribution in [3.05, 3.63) is 0 Å². The van der Waals surface area contributed by atoms with Gasteiger partial charge in [0.15, 0.2) is 0 Å². The Hall–Kier alpha value is -0.330. The quantitative estimate of drug-likeness (QED) is 0.315. The fourth-order valence-corrected chi connectivity index (χ4v) is 2.93. The molecule has 0 aliphatic heterocycles. The van der Waals surface area contributed by atoms with E-state index in [2.05, 4.69) is 6.92 Å². The lowest BCUT2D eigenvalue weighted by molar-refractivity contribution is -0.120. The summed E-state index contributed by atoms with van der Waals surface area (Å²) in [5, 5.41) is 0. The maximum Gasteiger partial charge on any atom is 0.135 e. The van der Waals surface area contributed by atoms with E-state index >= 15 is 0 Å². The van der Waals surface area contributed by atoms with Gasteiger partial charge in [0.05, 0.1) is 0 Å². The summed E-state index contributed by atoms with van der Waals surface area (Å²) in [4.78, 5) is 11.5. The van der Waals surface area contributed by atoms with Crippen LogP contribution in [0, 0.1) is 5.92 Å². The predicted octanol–water partition coefficient (Wildman–Crippen LogP) is 6.45. The molecule has 0 bridgehead atoms. The molecule has 0 saturated heterocycles. The van der Waals surface area contributed by atoms with Gasteiger partial charge in [-0.15, -0.1) is 0 Å². The van der Waals surface area contributed by atoms with Crippen LogP contribution < -0.4 is 0 Å². The predicted molar refractivity (Wildman–Crippen MR) is 88.0 cm³/mol. The van der Waals surface area contributed by atoms with Crippen LogP contribution in [0.5, 0.6) is 0 Å². The molecule has 0 radical (unpaired) electrons. The Morgan fingerprint density at radius 1 is 0.700 bits per heavy atom. The van der Waals surface area contributed by atoms with Gasteiger partial charge in [-0.25, -0.2) is 0 Å². The third-order valence-electron chi connectivity index (χ3n) is 4.56. The molecule has 0 amide bonds. The molecule has 0 spiro atoms. The van der Waals surface area contributed by atoms with Crippen molar-refractivity contribution in [1.82, 2.24) is 0 Å². The molecule has 0 aromatic rings. The number of hydrogen-bond acceptors (Lipinski definition) is 1. The zero-order valence-corrected chi connectivity index (χ0v) is 13.8. The Bertz CT molecular complexity index is 230. The number of hydrogen-bond donors (Lipinski definition) is 0. The fourth-order valence-electron chi connectivity index (χ4n) is 2.93. The van der Waals surface area contributed by atoms with Gasteiger partial charge in [-0.1, -0.05) is 84.0 Å². The van der Waals surface area contributed by atoms with Crippen LogP contribution in [0.2, 0.25) is 0 Å². The molecular formula is C19H36O. The molecule has 1 aliphatic rings. The number of carbonyl (C=O) groups excluding carboxylic acids is 1. The minimum Gasteiger partial charge on any atom is -0.299 e. The van der Waals surface area contributed by atoms with E-state index in [1.807, 2.05) is 0 Å². The molecule has 0 aromatic carbocycles. The minimum absolute atomic E-state index is 0.479. The SMILES string of the molecule is CCCCCCCCCCCCCCCC(=O)C1CC1. The van der Waals surface area contributed by atoms with E-state index in [0.717, 1.165) is 12.8 Å². The van der Waals surface area contributed by atoms with E-state index in [4.69, 9.17) is 0 Å². The highest BCUT2D eigenvalue weighted by Gasteiger charge is 2.28. The Kier molecular flexibility index (Phi) is 11.0. The Labute approximate surface area is 126 Å². The Morgan fingerprint density at radius 2 is 1.10 bits per heavy atom. The van der Waals surface area contributed by atoms with Gasteiger partial charge in [0.25, 0.3) is 0 Å². The highest BCUT2D eigenvalue weighted by Crippen LogP contribution is 2.31. The average molecular weight is 280 g/mol. The van der Waals surface area contributed by atoms with Crippen LogP contribution in [-0.2, 0) is 4.79 Å². The van der Waals surface area contributed by atoms with Gasteiger partial charge in [0.2, 0.25) is 0 Å². The molecule has 0 aromatic heterocycles. The lowest BCUT2D eigenvalue weighted by atomic mass is 10.0. The first-order chi connectivity index (χ1) is 9.84. The number of rotatable bonds is 15. The second-order valence-corrected chi connectivity index (χ2v) is 6.73. The van der Waals surface area contributed by atoms with Crippen molar-refractivity contribution >= 4 is 5.78 Å². The van der Waals surface area contributed by atoms with Gasteiger partial charge in [0, 0.05) is 12.3 Å². The third kappa shape index (κ3) is 10.5. The monoisotopic (exact) mass is 280 g/mol. The molecule has 1 saturated carbocycles. The standard InChI is InChI=1S/C19H36O/c1-2-3-4-5-6-7-8-9-10-11-12-13-14-15-19(20)18-16-17-18/h18H,2-17H2,1H3. The normalized spacial score (nSPS) is 14.7. The molecule has 1 rings (SSSR count). The molecular weight excluding hydrogens is 244 g/mol. The summed E-state index contributed by atoms with van der Waals surface area (Å²) in [5.74, 6) is 1.03. The average Bonchev–Trinajstić information content (AvgIpc) is 3.28. The number of carbonyl (C=O) groups is 1. The minimum atomic E-state index is 0.479. The number of unbranched alkanes of at least 4 members (excludes halogenated alkanes) is 12. The summed E-state index contributed by atoms with van der Waals surface area (Å²) in [6, 6.07) is 0. The topological polar surface area (TPSA) is 17.1 Å². The zero-order valence-electron chi connectivity index (χ0n) is 13.8. The van der Waals surface area contributed by atoms with E-state index in [9.17, 15) is 4.79 Å². The first-order valence-electron chi connectivity index (χ1n) is 9.37. The van der Waals surface area contributed by atoms with Gasteiger partial charge in [0.1, 0.15) is 5.78 Å². The van der Waals surface area contributed by atoms with E-state index in [1.165, 1.54) is 89.9 Å². The largest absolute Gasteiger partial charge is 0.299 e. The molecule has 118 valence electrons. The van der Waals surface area contributed by atoms with Gasteiger partial charge >= 0.3 is 0 Å². The summed E-state index contributed by atoms with van der Waals surface area (Å²) in [5.41, 5.74) is 0. The van der Waals surface area contributed by atoms with Crippen molar-refractivity contribution in [2.24, 2.45) is 5.92 Å². The molecule has 1 heteroatoms. The molecule has 0 N–H and O–H groups in total. The van der Waals surface area contributed by atoms with Crippen molar-refractivity contribution < 1.29 is 4.79 Å². The van der Waals surface area contributed by atoms with Crippen LogP contribution in [0.15, 0.2) is 0 Å². The molecule has 20 heavy (non-hydrogen) atoms. The lowest BCUT2D eigenvalue weighted by Gasteiger charge is -2.03. The number of ketones is 1. The summed E-state index contributed by atoms with van der Waals surface area (Å²) in [6.07, 6.45) is 21.2. The van der Waals surface area contributed by atoms with Gasteiger partial charge in [-0.05, 0) is 19.3 Å². The van der Waals surface area contributed by atoms with Crippen molar-refractivity contribution in [3.63, 3.8) is 0 Å². The lowest BCUT2D eigenvalue weighted by Crippen LogP contribution is -1.99. The van der Waals surface area contributed by atoms with Crippen molar-refractivity contribution in [2.75, 3.05) is 0 Å². The van der Waals surface area contributed by atoms with Crippen LogP contribution in [0.4, 0.5) is 0 Å². The summed E-state index contributed by atoms with van der Waals surface area (Å²) >= 11 is 0. The van der Waals surface area contributed by atoms with E-state index in [-0.39, 0.29) is 0 Å². The van der Waals surface area contributed by atoms with E-state index < -0.39 is 0 Å². The van der Waals surface area contributed by atoms with Crippen LogP contribution >= 0.6 is 0 Å². The smallest absolute Gasteiger partial charge is 0.135 e.